The molecular formula is C14H18FN. The number of hydrogen-bond donors (Lipinski definition) is 1. The highest BCUT2D eigenvalue weighted by atomic mass is 19.1. The van der Waals surface area contributed by atoms with Gasteiger partial charge in [0.25, 0.3) is 0 Å². The van der Waals surface area contributed by atoms with E-state index in [2.05, 4.69) is 11.4 Å². The molecule has 1 fully saturated rings. The Balaban J connectivity index is 1.82. The molecule has 1 aliphatic carbocycles. The molecule has 0 bridgehead atoms. The quantitative estimate of drug-likeness (QED) is 0.765. The first-order chi connectivity index (χ1) is 7.84. The Bertz CT molecular complexity index is 382. The number of nitrogens with one attached hydrogen (secondary N) is 1. The zero-order valence-corrected chi connectivity index (χ0v) is 9.51. The van der Waals surface area contributed by atoms with Crippen molar-refractivity contribution in [1.82, 2.24) is 5.32 Å². The van der Waals surface area contributed by atoms with E-state index in [1.165, 1.54) is 24.8 Å². The molecule has 0 aromatic heterocycles. The zero-order chi connectivity index (χ0) is 11.0. The van der Waals surface area contributed by atoms with E-state index in [0.29, 0.717) is 12.0 Å². The van der Waals surface area contributed by atoms with Gasteiger partial charge in [-0.15, -0.1) is 0 Å². The lowest BCUT2D eigenvalue weighted by Crippen LogP contribution is -2.34. The van der Waals surface area contributed by atoms with Crippen molar-refractivity contribution in [2.45, 2.75) is 38.1 Å². The topological polar surface area (TPSA) is 12.0 Å². The largest absolute Gasteiger partial charge is 0.314 e. The molecule has 0 saturated carbocycles. The zero-order valence-electron chi connectivity index (χ0n) is 9.51. The van der Waals surface area contributed by atoms with Crippen LogP contribution >= 0.6 is 0 Å². The fourth-order valence-electron chi connectivity index (χ4n) is 3.23. The summed E-state index contributed by atoms with van der Waals surface area (Å²) in [4.78, 5) is 0. The number of aryl methyl sites for hydroxylation is 1. The molecule has 3 rings (SSSR count). The summed E-state index contributed by atoms with van der Waals surface area (Å²) in [6.07, 6.45) is 5.75. The van der Waals surface area contributed by atoms with Crippen LogP contribution in [0.3, 0.4) is 0 Å². The van der Waals surface area contributed by atoms with Gasteiger partial charge in [-0.25, -0.2) is 4.39 Å². The molecule has 1 nitrogen and oxygen atoms in total. The molecule has 86 valence electrons. The van der Waals surface area contributed by atoms with E-state index >= 15 is 0 Å². The maximum absolute atomic E-state index is 13.7. The minimum Gasteiger partial charge on any atom is -0.314 e. The first-order valence-corrected chi connectivity index (χ1v) is 6.34. The van der Waals surface area contributed by atoms with Crippen molar-refractivity contribution in [2.24, 2.45) is 5.92 Å². The smallest absolute Gasteiger partial charge is 0.126 e. The molecule has 16 heavy (non-hydrogen) atoms. The highest BCUT2D eigenvalue weighted by molar-refractivity contribution is 5.31. The molecule has 0 radical (unpaired) electrons. The van der Waals surface area contributed by atoms with E-state index < -0.39 is 0 Å². The Hall–Kier alpha value is -0.890. The summed E-state index contributed by atoms with van der Waals surface area (Å²) in [5, 5.41) is 3.55. The van der Waals surface area contributed by atoms with Gasteiger partial charge >= 0.3 is 0 Å². The third kappa shape index (κ3) is 1.75. The molecule has 1 aromatic rings. The van der Waals surface area contributed by atoms with Crippen LogP contribution in [0.2, 0.25) is 0 Å². The van der Waals surface area contributed by atoms with Gasteiger partial charge in [0.2, 0.25) is 0 Å². The maximum Gasteiger partial charge on any atom is 0.126 e. The van der Waals surface area contributed by atoms with Gasteiger partial charge in [0.15, 0.2) is 0 Å². The van der Waals surface area contributed by atoms with Crippen molar-refractivity contribution in [1.29, 1.82) is 0 Å². The summed E-state index contributed by atoms with van der Waals surface area (Å²) in [5.41, 5.74) is 2.21. The monoisotopic (exact) mass is 219 g/mol. The van der Waals surface area contributed by atoms with Crippen molar-refractivity contribution in [3.63, 3.8) is 0 Å². The van der Waals surface area contributed by atoms with Crippen molar-refractivity contribution in [2.75, 3.05) is 6.54 Å². The lowest BCUT2D eigenvalue weighted by atomic mass is 9.79. The second kappa shape index (κ2) is 4.17. The predicted molar refractivity (Wildman–Crippen MR) is 62.9 cm³/mol. The Morgan fingerprint density at radius 1 is 1.25 bits per heavy atom. The van der Waals surface area contributed by atoms with Crippen LogP contribution in [0.5, 0.6) is 0 Å². The maximum atomic E-state index is 13.7. The minimum atomic E-state index is 0.000182. The molecule has 1 N–H and O–H groups in total. The number of fused-ring (bicyclic) bond motifs is 1. The molecule has 2 aliphatic rings. The van der Waals surface area contributed by atoms with Crippen LogP contribution in [-0.4, -0.2) is 12.6 Å². The highest BCUT2D eigenvalue weighted by Crippen LogP contribution is 2.31. The minimum absolute atomic E-state index is 0.000182. The normalized spacial score (nSPS) is 29.1. The second-order valence-electron chi connectivity index (χ2n) is 5.08. The van der Waals surface area contributed by atoms with E-state index in [-0.39, 0.29) is 5.82 Å². The van der Waals surface area contributed by atoms with E-state index in [1.807, 2.05) is 6.07 Å². The summed E-state index contributed by atoms with van der Waals surface area (Å²) < 4.78 is 13.7. The van der Waals surface area contributed by atoms with E-state index in [4.69, 9.17) is 0 Å². The van der Waals surface area contributed by atoms with Gasteiger partial charge in [0.05, 0.1) is 0 Å². The Morgan fingerprint density at radius 3 is 3.00 bits per heavy atom. The first kappa shape index (κ1) is 10.3. The van der Waals surface area contributed by atoms with Crippen LogP contribution in [0.1, 0.15) is 30.4 Å². The Kier molecular flexibility index (Phi) is 2.68. The van der Waals surface area contributed by atoms with Gasteiger partial charge in [-0.2, -0.15) is 0 Å². The van der Waals surface area contributed by atoms with Crippen LogP contribution in [0.4, 0.5) is 4.39 Å². The summed E-state index contributed by atoms with van der Waals surface area (Å²) in [6.45, 7) is 1.14. The molecule has 1 aromatic carbocycles. The predicted octanol–water partition coefficient (Wildman–Crippen LogP) is 2.68. The summed E-state index contributed by atoms with van der Waals surface area (Å²) in [5.74, 6) is 0.645. The van der Waals surface area contributed by atoms with Gasteiger partial charge in [-0.05, 0) is 61.8 Å². The van der Waals surface area contributed by atoms with E-state index in [9.17, 15) is 4.39 Å². The summed E-state index contributed by atoms with van der Waals surface area (Å²) in [7, 11) is 0. The van der Waals surface area contributed by atoms with Gasteiger partial charge in [-0.1, -0.05) is 12.1 Å². The van der Waals surface area contributed by atoms with Gasteiger partial charge < -0.3 is 5.32 Å². The molecule has 1 saturated heterocycles. The van der Waals surface area contributed by atoms with Crippen molar-refractivity contribution in [3.8, 4) is 0 Å². The average Bonchev–Trinajstić information content (AvgIpc) is 2.83. The van der Waals surface area contributed by atoms with Gasteiger partial charge in [-0.3, -0.25) is 0 Å². The van der Waals surface area contributed by atoms with Crippen LogP contribution in [0.25, 0.3) is 0 Å². The number of benzene rings is 1. The lowest BCUT2D eigenvalue weighted by molar-refractivity contribution is 0.343. The van der Waals surface area contributed by atoms with E-state index in [1.54, 1.807) is 6.07 Å². The lowest BCUT2D eigenvalue weighted by Gasteiger charge is -2.29. The molecule has 2 atom stereocenters. The molecule has 1 heterocycles. The molecule has 2 heteroatoms. The van der Waals surface area contributed by atoms with Crippen LogP contribution in [0, 0.1) is 11.7 Å². The third-order valence-corrected chi connectivity index (χ3v) is 4.13. The van der Waals surface area contributed by atoms with Crippen molar-refractivity contribution in [3.05, 3.63) is 35.1 Å². The van der Waals surface area contributed by atoms with Crippen LogP contribution in [-0.2, 0) is 12.8 Å². The summed E-state index contributed by atoms with van der Waals surface area (Å²) in [6, 6.07) is 6.15. The second-order valence-corrected chi connectivity index (χ2v) is 5.08. The fraction of sp³-hybridized carbons (Fsp3) is 0.571. The SMILES string of the molecule is Fc1cccc2c1CC(C1CCCN1)CC2. The molecule has 1 aliphatic heterocycles. The number of rotatable bonds is 1. The van der Waals surface area contributed by atoms with Crippen LogP contribution < -0.4 is 5.32 Å². The number of hydrogen-bond acceptors (Lipinski definition) is 1. The number of halogens is 1. The molecular weight excluding hydrogens is 201 g/mol. The average molecular weight is 219 g/mol. The Labute approximate surface area is 96.1 Å². The molecule has 0 amide bonds. The highest BCUT2D eigenvalue weighted by Gasteiger charge is 2.29. The molecule has 2 unspecified atom stereocenters. The summed E-state index contributed by atoms with van der Waals surface area (Å²) >= 11 is 0. The standard InChI is InChI=1S/C14H18FN/c15-13-4-1-3-10-6-7-11(9-12(10)13)14-5-2-8-16-14/h1,3-4,11,14,16H,2,5-9H2. The Morgan fingerprint density at radius 2 is 2.19 bits per heavy atom. The van der Waals surface area contributed by atoms with Crippen molar-refractivity contribution < 1.29 is 4.39 Å². The van der Waals surface area contributed by atoms with E-state index in [0.717, 1.165) is 24.9 Å². The fourth-order valence-corrected chi connectivity index (χ4v) is 3.23. The van der Waals surface area contributed by atoms with Crippen molar-refractivity contribution >= 4 is 0 Å². The van der Waals surface area contributed by atoms with Crippen LogP contribution in [0.15, 0.2) is 18.2 Å². The van der Waals surface area contributed by atoms with Gasteiger partial charge in [0.1, 0.15) is 5.82 Å². The third-order valence-electron chi connectivity index (χ3n) is 4.13. The first-order valence-electron chi connectivity index (χ1n) is 6.34. The molecule has 0 spiro atoms. The van der Waals surface area contributed by atoms with Gasteiger partial charge in [0, 0.05) is 6.04 Å².